The first-order chi connectivity index (χ1) is 14.3. The Labute approximate surface area is 178 Å². The average molecular weight is 417 g/mol. The second-order valence-electron chi connectivity index (χ2n) is 7.77. The monoisotopic (exact) mass is 416 g/mol. The first-order valence-electron chi connectivity index (χ1n) is 11.0. The van der Waals surface area contributed by atoms with E-state index in [1.807, 2.05) is 6.07 Å². The summed E-state index contributed by atoms with van der Waals surface area (Å²) in [5.74, 6) is 2.80. The molecule has 1 unspecified atom stereocenters. The van der Waals surface area contributed by atoms with Crippen molar-refractivity contribution >= 4 is 17.7 Å². The van der Waals surface area contributed by atoms with Crippen LogP contribution in [0.3, 0.4) is 0 Å². The number of hydrogen-bond acceptors (Lipinski definition) is 6. The molecule has 1 aromatic carbocycles. The van der Waals surface area contributed by atoms with Gasteiger partial charge in [0.15, 0.2) is 5.16 Å². The van der Waals surface area contributed by atoms with Crippen LogP contribution in [0.25, 0.3) is 0 Å². The highest BCUT2D eigenvalue weighted by Gasteiger charge is 2.24. The molecule has 158 valence electrons. The van der Waals surface area contributed by atoms with Crippen molar-refractivity contribution in [3.63, 3.8) is 0 Å². The molecular weight excluding hydrogens is 384 g/mol. The molecule has 7 heteroatoms. The molecule has 1 atom stereocenters. The summed E-state index contributed by atoms with van der Waals surface area (Å²) in [5, 5.41) is 10.1. The summed E-state index contributed by atoms with van der Waals surface area (Å²) >= 11 is 1.73. The minimum atomic E-state index is 0.280. The SMILES string of the molecule is CCc1cccc(OCCSc2nnc(N3CCCCC3)n2CC2CCCO2)c1. The van der Waals surface area contributed by atoms with E-state index in [2.05, 4.69) is 44.8 Å². The quantitative estimate of drug-likeness (QED) is 0.451. The van der Waals surface area contributed by atoms with Crippen molar-refractivity contribution in [1.82, 2.24) is 14.8 Å². The molecule has 29 heavy (non-hydrogen) atoms. The lowest BCUT2D eigenvalue weighted by atomic mass is 10.1. The van der Waals surface area contributed by atoms with Crippen molar-refractivity contribution in [2.45, 2.75) is 63.3 Å². The smallest absolute Gasteiger partial charge is 0.228 e. The van der Waals surface area contributed by atoms with Gasteiger partial charge < -0.3 is 14.4 Å². The van der Waals surface area contributed by atoms with Crippen molar-refractivity contribution in [1.29, 1.82) is 0 Å². The molecule has 2 saturated heterocycles. The van der Waals surface area contributed by atoms with Gasteiger partial charge in [-0.2, -0.15) is 0 Å². The summed E-state index contributed by atoms with van der Waals surface area (Å²) in [6.45, 7) is 6.69. The normalized spacial score (nSPS) is 19.6. The molecule has 0 N–H and O–H groups in total. The van der Waals surface area contributed by atoms with Crippen molar-refractivity contribution in [2.24, 2.45) is 0 Å². The molecule has 0 bridgehead atoms. The summed E-state index contributed by atoms with van der Waals surface area (Å²) in [4.78, 5) is 2.39. The maximum absolute atomic E-state index is 5.95. The largest absolute Gasteiger partial charge is 0.493 e. The van der Waals surface area contributed by atoms with Gasteiger partial charge in [0, 0.05) is 25.4 Å². The van der Waals surface area contributed by atoms with Gasteiger partial charge in [-0.05, 0) is 56.2 Å². The molecule has 3 heterocycles. The highest BCUT2D eigenvalue weighted by molar-refractivity contribution is 7.99. The Kier molecular flexibility index (Phi) is 7.33. The number of aromatic nitrogens is 3. The molecule has 2 fully saturated rings. The van der Waals surface area contributed by atoms with E-state index in [9.17, 15) is 0 Å². The van der Waals surface area contributed by atoms with Crippen LogP contribution >= 0.6 is 11.8 Å². The lowest BCUT2D eigenvalue weighted by Crippen LogP contribution is -2.33. The number of aryl methyl sites for hydroxylation is 1. The number of hydrogen-bond donors (Lipinski definition) is 0. The third-order valence-electron chi connectivity index (χ3n) is 5.64. The zero-order valence-corrected chi connectivity index (χ0v) is 18.2. The molecule has 2 aliphatic rings. The molecule has 6 nitrogen and oxygen atoms in total. The third-order valence-corrected chi connectivity index (χ3v) is 6.57. The molecule has 0 spiro atoms. The van der Waals surface area contributed by atoms with Crippen LogP contribution in [0.2, 0.25) is 0 Å². The van der Waals surface area contributed by atoms with Crippen LogP contribution in [0.5, 0.6) is 5.75 Å². The van der Waals surface area contributed by atoms with Gasteiger partial charge in [-0.1, -0.05) is 30.8 Å². The molecule has 2 aromatic rings. The minimum absolute atomic E-state index is 0.280. The van der Waals surface area contributed by atoms with Gasteiger partial charge in [0.25, 0.3) is 0 Å². The second kappa shape index (κ2) is 10.3. The van der Waals surface area contributed by atoms with Gasteiger partial charge in [0.2, 0.25) is 5.95 Å². The van der Waals surface area contributed by atoms with Gasteiger partial charge in [-0.3, -0.25) is 4.57 Å². The predicted octanol–water partition coefficient (Wildman–Crippen LogP) is 4.18. The number of thioether (sulfide) groups is 1. The third kappa shape index (κ3) is 5.45. The first-order valence-corrected chi connectivity index (χ1v) is 12.0. The van der Waals surface area contributed by atoms with Crippen LogP contribution in [0, 0.1) is 0 Å². The topological polar surface area (TPSA) is 52.4 Å². The standard InChI is InChI=1S/C22H32N4O2S/c1-2-18-8-6-9-19(16-18)28-14-15-29-22-24-23-21(25-11-4-3-5-12-25)26(22)17-20-10-7-13-27-20/h6,8-9,16,20H,2-5,7,10-15,17H2,1H3. The fraction of sp³-hybridized carbons (Fsp3) is 0.636. The first kappa shape index (κ1) is 20.5. The molecule has 1 aromatic heterocycles. The van der Waals surface area contributed by atoms with Gasteiger partial charge in [0.05, 0.1) is 19.3 Å². The second-order valence-corrected chi connectivity index (χ2v) is 8.84. The van der Waals surface area contributed by atoms with Crippen molar-refractivity contribution in [2.75, 3.05) is 37.0 Å². The fourth-order valence-corrected chi connectivity index (χ4v) is 4.77. The van der Waals surface area contributed by atoms with Gasteiger partial charge in [0.1, 0.15) is 5.75 Å². The Bertz CT molecular complexity index is 770. The number of ether oxygens (including phenoxy) is 2. The maximum Gasteiger partial charge on any atom is 0.228 e. The Morgan fingerprint density at radius 3 is 2.86 bits per heavy atom. The molecule has 0 amide bonds. The lowest BCUT2D eigenvalue weighted by molar-refractivity contribution is 0.0951. The van der Waals surface area contributed by atoms with Crippen LogP contribution in [-0.2, 0) is 17.7 Å². The highest BCUT2D eigenvalue weighted by atomic mass is 32.2. The number of nitrogens with zero attached hydrogens (tertiary/aromatic N) is 4. The molecular formula is C22H32N4O2S. The van der Waals surface area contributed by atoms with E-state index in [0.29, 0.717) is 6.61 Å². The average Bonchev–Trinajstić information content (AvgIpc) is 3.43. The Morgan fingerprint density at radius 1 is 1.17 bits per heavy atom. The number of benzene rings is 1. The van der Waals surface area contributed by atoms with E-state index in [-0.39, 0.29) is 6.10 Å². The van der Waals surface area contributed by atoms with Crippen LogP contribution in [0.4, 0.5) is 5.95 Å². The van der Waals surface area contributed by atoms with Crippen LogP contribution in [0.15, 0.2) is 29.4 Å². The summed E-state index contributed by atoms with van der Waals surface area (Å²) in [6.07, 6.45) is 7.37. The fourth-order valence-electron chi connectivity index (χ4n) is 4.02. The Balaban J connectivity index is 1.38. The highest BCUT2D eigenvalue weighted by Crippen LogP contribution is 2.27. The van der Waals surface area contributed by atoms with Gasteiger partial charge in [-0.25, -0.2) is 0 Å². The summed E-state index contributed by atoms with van der Waals surface area (Å²) in [7, 11) is 0. The summed E-state index contributed by atoms with van der Waals surface area (Å²) in [6, 6.07) is 8.35. The lowest BCUT2D eigenvalue weighted by Gasteiger charge is -2.28. The molecule has 0 aliphatic carbocycles. The van der Waals surface area contributed by atoms with Gasteiger partial charge in [-0.15, -0.1) is 10.2 Å². The molecule has 4 rings (SSSR count). The zero-order valence-electron chi connectivity index (χ0n) is 17.4. The van der Waals surface area contributed by atoms with Crippen molar-refractivity contribution < 1.29 is 9.47 Å². The predicted molar refractivity (Wildman–Crippen MR) is 117 cm³/mol. The van der Waals surface area contributed by atoms with E-state index >= 15 is 0 Å². The minimum Gasteiger partial charge on any atom is -0.493 e. The van der Waals surface area contributed by atoms with E-state index < -0.39 is 0 Å². The Morgan fingerprint density at radius 2 is 2.07 bits per heavy atom. The van der Waals surface area contributed by atoms with Crippen molar-refractivity contribution in [3.8, 4) is 5.75 Å². The molecule has 2 aliphatic heterocycles. The van der Waals surface area contributed by atoms with Crippen molar-refractivity contribution in [3.05, 3.63) is 29.8 Å². The molecule has 0 radical (unpaired) electrons. The Hall–Kier alpha value is -1.73. The van der Waals surface area contributed by atoms with Crippen LogP contribution < -0.4 is 9.64 Å². The number of rotatable bonds is 9. The van der Waals surface area contributed by atoms with Crippen LogP contribution in [-0.4, -0.2) is 52.9 Å². The van der Waals surface area contributed by atoms with Crippen LogP contribution in [0.1, 0.15) is 44.6 Å². The van der Waals surface area contributed by atoms with E-state index in [0.717, 1.165) is 68.1 Å². The number of anilines is 1. The zero-order chi connectivity index (χ0) is 19.9. The van der Waals surface area contributed by atoms with Gasteiger partial charge >= 0.3 is 0 Å². The van der Waals surface area contributed by atoms with E-state index in [1.54, 1.807) is 11.8 Å². The number of piperidine rings is 1. The molecule has 0 saturated carbocycles. The van der Waals surface area contributed by atoms with E-state index in [4.69, 9.17) is 9.47 Å². The maximum atomic E-state index is 5.95. The summed E-state index contributed by atoms with van der Waals surface area (Å²) < 4.78 is 14.1. The van der Waals surface area contributed by atoms with E-state index in [1.165, 1.54) is 24.8 Å². The summed E-state index contributed by atoms with van der Waals surface area (Å²) in [5.41, 5.74) is 1.30.